The van der Waals surface area contributed by atoms with Gasteiger partial charge in [-0.05, 0) is 38.1 Å². The molecule has 0 aliphatic rings. The zero-order chi connectivity index (χ0) is 13.8. The number of hydrogen-bond donors (Lipinski definition) is 1. The number of hydrogen-bond acceptors (Lipinski definition) is 3. The van der Waals surface area contributed by atoms with E-state index in [1.165, 1.54) is 0 Å². The summed E-state index contributed by atoms with van der Waals surface area (Å²) in [5, 5.41) is 3.27. The average Bonchev–Trinajstić information content (AvgIpc) is 2.33. The molecule has 0 aromatic heterocycles. The Kier molecular flexibility index (Phi) is 5.63. The molecule has 3 nitrogen and oxygen atoms in total. The van der Waals surface area contributed by atoms with Gasteiger partial charge in [0.05, 0.1) is 11.0 Å². The van der Waals surface area contributed by atoms with Crippen LogP contribution in [0.2, 0.25) is 5.02 Å². The summed E-state index contributed by atoms with van der Waals surface area (Å²) in [6, 6.07) is 6.93. The highest BCUT2D eigenvalue weighted by atomic mass is 35.5. The van der Waals surface area contributed by atoms with Gasteiger partial charge in [0, 0.05) is 11.1 Å². The minimum atomic E-state index is -3.16. The Balaban J connectivity index is 2.84. The topological polar surface area (TPSA) is 46.2 Å². The Labute approximate surface area is 114 Å². The minimum absolute atomic E-state index is 0.0118. The van der Waals surface area contributed by atoms with Gasteiger partial charge in [0.1, 0.15) is 0 Å². The fourth-order valence-corrected chi connectivity index (χ4v) is 3.84. The summed E-state index contributed by atoms with van der Waals surface area (Å²) in [5.74, 6) is 0.0590. The second kappa shape index (κ2) is 6.55. The van der Waals surface area contributed by atoms with Crippen LogP contribution < -0.4 is 5.32 Å². The van der Waals surface area contributed by atoms with Crippen LogP contribution in [0.3, 0.4) is 0 Å². The van der Waals surface area contributed by atoms with Gasteiger partial charge >= 0.3 is 0 Å². The molecule has 2 atom stereocenters. The lowest BCUT2D eigenvalue weighted by molar-refractivity contribution is 0.504. The molecule has 0 fully saturated rings. The van der Waals surface area contributed by atoms with Crippen LogP contribution in [0, 0.1) is 0 Å². The zero-order valence-electron chi connectivity index (χ0n) is 11.0. The lowest BCUT2D eigenvalue weighted by Gasteiger charge is -2.22. The molecule has 5 heteroatoms. The maximum Gasteiger partial charge on any atom is 0.158 e. The summed E-state index contributed by atoms with van der Waals surface area (Å²) >= 11 is 5.78. The van der Waals surface area contributed by atoms with E-state index in [4.69, 9.17) is 11.6 Å². The van der Waals surface area contributed by atoms with Crippen molar-refractivity contribution in [3.8, 4) is 0 Å². The second-order valence-electron chi connectivity index (χ2n) is 4.44. The summed E-state index contributed by atoms with van der Waals surface area (Å²) < 4.78 is 24.5. The number of benzene rings is 1. The monoisotopic (exact) mass is 289 g/mol. The van der Waals surface area contributed by atoms with E-state index in [-0.39, 0.29) is 11.8 Å². The van der Waals surface area contributed by atoms with Gasteiger partial charge in [-0.3, -0.25) is 0 Å². The number of nitrogens with one attached hydrogen (secondary N) is 1. The van der Waals surface area contributed by atoms with E-state index in [0.717, 1.165) is 12.0 Å². The van der Waals surface area contributed by atoms with E-state index in [1.807, 2.05) is 6.92 Å². The Morgan fingerprint density at radius 3 is 2.28 bits per heavy atom. The molecule has 18 heavy (non-hydrogen) atoms. The molecule has 0 aliphatic heterocycles. The maximum absolute atomic E-state index is 12.3. The lowest BCUT2D eigenvalue weighted by atomic mass is 10.2. The van der Waals surface area contributed by atoms with Crippen LogP contribution in [0.25, 0.3) is 0 Å². The predicted octanol–water partition coefficient (Wildman–Crippen LogP) is 2.64. The maximum atomic E-state index is 12.3. The molecule has 1 aromatic rings. The van der Waals surface area contributed by atoms with E-state index in [0.29, 0.717) is 5.02 Å². The third kappa shape index (κ3) is 3.97. The molecule has 0 saturated carbocycles. The standard InChI is InChI=1S/C13H20ClNO2S/c1-4-13(15-3)10(2)18(16,17)9-11-5-7-12(14)8-6-11/h5-8,10,13,15H,4,9H2,1-3H3. The summed E-state index contributed by atoms with van der Waals surface area (Å²) in [6.07, 6.45) is 0.789. The fraction of sp³-hybridized carbons (Fsp3) is 0.538. The van der Waals surface area contributed by atoms with Gasteiger partial charge in [-0.2, -0.15) is 0 Å². The molecule has 1 N–H and O–H groups in total. The fourth-order valence-electron chi connectivity index (χ4n) is 1.97. The van der Waals surface area contributed by atoms with Crippen molar-refractivity contribution in [2.24, 2.45) is 0 Å². The van der Waals surface area contributed by atoms with Crippen molar-refractivity contribution >= 4 is 21.4 Å². The van der Waals surface area contributed by atoms with Gasteiger partial charge in [0.25, 0.3) is 0 Å². The van der Waals surface area contributed by atoms with Crippen LogP contribution in [-0.2, 0) is 15.6 Å². The largest absolute Gasteiger partial charge is 0.316 e. The van der Waals surface area contributed by atoms with Crippen LogP contribution in [0.4, 0.5) is 0 Å². The minimum Gasteiger partial charge on any atom is -0.316 e. The molecular weight excluding hydrogens is 270 g/mol. The normalized spacial score (nSPS) is 15.3. The van der Waals surface area contributed by atoms with Crippen LogP contribution in [0.1, 0.15) is 25.8 Å². The van der Waals surface area contributed by atoms with Gasteiger partial charge in [0.15, 0.2) is 9.84 Å². The molecule has 2 unspecified atom stereocenters. The van der Waals surface area contributed by atoms with Crippen molar-refractivity contribution in [1.82, 2.24) is 5.32 Å². The zero-order valence-corrected chi connectivity index (χ0v) is 12.6. The number of halogens is 1. The molecule has 0 heterocycles. The molecule has 0 amide bonds. The van der Waals surface area contributed by atoms with Gasteiger partial charge in [-0.15, -0.1) is 0 Å². The van der Waals surface area contributed by atoms with Crippen LogP contribution in [-0.4, -0.2) is 26.8 Å². The first-order valence-corrected chi connectivity index (χ1v) is 8.13. The van der Waals surface area contributed by atoms with Crippen LogP contribution in [0.15, 0.2) is 24.3 Å². The molecule has 0 bridgehead atoms. The van der Waals surface area contributed by atoms with Crippen molar-refractivity contribution in [3.63, 3.8) is 0 Å². The van der Waals surface area contributed by atoms with Gasteiger partial charge in [-0.25, -0.2) is 8.42 Å². The van der Waals surface area contributed by atoms with Crippen LogP contribution >= 0.6 is 11.6 Å². The van der Waals surface area contributed by atoms with Crippen LogP contribution in [0.5, 0.6) is 0 Å². The van der Waals surface area contributed by atoms with Crippen molar-refractivity contribution in [1.29, 1.82) is 0 Å². The van der Waals surface area contributed by atoms with Crippen molar-refractivity contribution < 1.29 is 8.42 Å². The van der Waals surface area contributed by atoms with Gasteiger partial charge < -0.3 is 5.32 Å². The van der Waals surface area contributed by atoms with Crippen molar-refractivity contribution in [2.75, 3.05) is 7.05 Å². The van der Waals surface area contributed by atoms with E-state index in [1.54, 1.807) is 38.2 Å². The second-order valence-corrected chi connectivity index (χ2v) is 7.24. The molecule has 0 radical (unpaired) electrons. The summed E-state index contributed by atoms with van der Waals surface area (Å²) in [7, 11) is -1.36. The van der Waals surface area contributed by atoms with Crippen molar-refractivity contribution in [2.45, 2.75) is 37.3 Å². The quantitative estimate of drug-likeness (QED) is 0.876. The Morgan fingerprint density at radius 2 is 1.83 bits per heavy atom. The van der Waals surface area contributed by atoms with Gasteiger partial charge in [-0.1, -0.05) is 30.7 Å². The Bertz CT molecular complexity index is 466. The lowest BCUT2D eigenvalue weighted by Crippen LogP contribution is -2.40. The molecule has 0 aliphatic carbocycles. The third-order valence-electron chi connectivity index (χ3n) is 3.22. The van der Waals surface area contributed by atoms with E-state index in [2.05, 4.69) is 5.32 Å². The first-order valence-electron chi connectivity index (χ1n) is 6.04. The Morgan fingerprint density at radius 1 is 1.28 bits per heavy atom. The molecule has 0 spiro atoms. The van der Waals surface area contributed by atoms with E-state index >= 15 is 0 Å². The predicted molar refractivity (Wildman–Crippen MR) is 76.7 cm³/mol. The molecular formula is C13H20ClNO2S. The summed E-state index contributed by atoms with van der Waals surface area (Å²) in [6.45, 7) is 3.74. The number of sulfone groups is 1. The van der Waals surface area contributed by atoms with E-state index < -0.39 is 15.1 Å². The Hall–Kier alpha value is -0.580. The smallest absolute Gasteiger partial charge is 0.158 e. The first-order chi connectivity index (χ1) is 8.40. The highest BCUT2D eigenvalue weighted by Gasteiger charge is 2.27. The average molecular weight is 290 g/mol. The highest BCUT2D eigenvalue weighted by Crippen LogP contribution is 2.17. The SMILES string of the molecule is CCC(NC)C(C)S(=O)(=O)Cc1ccc(Cl)cc1. The molecule has 1 rings (SSSR count). The van der Waals surface area contributed by atoms with Gasteiger partial charge in [0.2, 0.25) is 0 Å². The third-order valence-corrected chi connectivity index (χ3v) is 5.67. The summed E-state index contributed by atoms with van der Waals surface area (Å²) in [5.41, 5.74) is 0.775. The molecule has 0 saturated heterocycles. The summed E-state index contributed by atoms with van der Waals surface area (Å²) in [4.78, 5) is 0. The molecule has 102 valence electrons. The first kappa shape index (κ1) is 15.5. The highest BCUT2D eigenvalue weighted by molar-refractivity contribution is 7.91. The van der Waals surface area contributed by atoms with E-state index in [9.17, 15) is 8.42 Å². The van der Waals surface area contributed by atoms with Crippen molar-refractivity contribution in [3.05, 3.63) is 34.9 Å². The molecule has 1 aromatic carbocycles. The number of rotatable bonds is 6.